The molecule has 0 amide bonds. The van der Waals surface area contributed by atoms with Crippen molar-refractivity contribution in [1.82, 2.24) is 9.55 Å². The summed E-state index contributed by atoms with van der Waals surface area (Å²) in [5.41, 5.74) is 2.22. The van der Waals surface area contributed by atoms with Crippen LogP contribution < -0.4 is 0 Å². The zero-order valence-electron chi connectivity index (χ0n) is 11.9. The molecular formula is C15H20N2O3. The zero-order chi connectivity index (χ0) is 14.5. The number of imidazole rings is 1. The second-order valence-electron chi connectivity index (χ2n) is 4.58. The number of aliphatic hydroxyl groups excluding tert-OH is 1. The van der Waals surface area contributed by atoms with Gasteiger partial charge in [0.1, 0.15) is 5.82 Å². The highest BCUT2D eigenvalue weighted by molar-refractivity contribution is 5.93. The Labute approximate surface area is 118 Å². The summed E-state index contributed by atoms with van der Waals surface area (Å²) in [4.78, 5) is 16.3. The number of ether oxygens (including phenoxy) is 1. The Morgan fingerprint density at radius 2 is 2.20 bits per heavy atom. The minimum Gasteiger partial charge on any atom is -0.462 e. The van der Waals surface area contributed by atoms with Crippen LogP contribution in [0.3, 0.4) is 0 Å². The van der Waals surface area contributed by atoms with E-state index in [4.69, 9.17) is 4.74 Å². The first-order valence-corrected chi connectivity index (χ1v) is 6.98. The first-order chi connectivity index (χ1) is 9.71. The number of aliphatic hydroxyl groups is 1. The van der Waals surface area contributed by atoms with Gasteiger partial charge in [-0.15, -0.1) is 0 Å². The van der Waals surface area contributed by atoms with Crippen LogP contribution in [0.25, 0.3) is 11.0 Å². The Morgan fingerprint density at radius 3 is 2.85 bits per heavy atom. The van der Waals surface area contributed by atoms with Crippen LogP contribution in [0.4, 0.5) is 0 Å². The van der Waals surface area contributed by atoms with Gasteiger partial charge in [-0.1, -0.05) is 6.92 Å². The van der Waals surface area contributed by atoms with Crippen LogP contribution in [0.15, 0.2) is 18.2 Å². The van der Waals surface area contributed by atoms with Crippen molar-refractivity contribution in [2.75, 3.05) is 13.2 Å². The van der Waals surface area contributed by atoms with E-state index in [1.807, 2.05) is 10.6 Å². The van der Waals surface area contributed by atoms with Crippen LogP contribution in [-0.2, 0) is 17.7 Å². The SMILES string of the molecule is CCCc1nc2cc(C(=O)OCC)ccc2n1CCO. The molecule has 0 atom stereocenters. The van der Waals surface area contributed by atoms with Crippen molar-refractivity contribution in [2.45, 2.75) is 33.2 Å². The summed E-state index contributed by atoms with van der Waals surface area (Å²) in [7, 11) is 0. The molecule has 0 fully saturated rings. The second-order valence-corrected chi connectivity index (χ2v) is 4.58. The number of aromatic nitrogens is 2. The van der Waals surface area contributed by atoms with Gasteiger partial charge in [0, 0.05) is 13.0 Å². The number of aryl methyl sites for hydroxylation is 1. The molecule has 0 bridgehead atoms. The van der Waals surface area contributed by atoms with Gasteiger partial charge in [-0.25, -0.2) is 9.78 Å². The molecule has 1 heterocycles. The third-order valence-corrected chi connectivity index (χ3v) is 3.14. The Morgan fingerprint density at radius 1 is 1.40 bits per heavy atom. The summed E-state index contributed by atoms with van der Waals surface area (Å²) >= 11 is 0. The molecule has 2 aromatic rings. The summed E-state index contributed by atoms with van der Waals surface area (Å²) in [5, 5.41) is 9.18. The van der Waals surface area contributed by atoms with Crippen LogP contribution in [0.5, 0.6) is 0 Å². The number of hydrogen-bond donors (Lipinski definition) is 1. The summed E-state index contributed by atoms with van der Waals surface area (Å²) < 4.78 is 7.00. The Kier molecular flexibility index (Phi) is 4.74. The molecule has 1 aromatic heterocycles. The van der Waals surface area contributed by atoms with Gasteiger partial charge < -0.3 is 14.4 Å². The Hall–Kier alpha value is -1.88. The normalized spacial score (nSPS) is 10.9. The predicted octanol–water partition coefficient (Wildman–Crippen LogP) is 2.16. The van der Waals surface area contributed by atoms with Crippen molar-refractivity contribution < 1.29 is 14.6 Å². The summed E-state index contributed by atoms with van der Waals surface area (Å²) in [5.74, 6) is 0.612. The van der Waals surface area contributed by atoms with Crippen molar-refractivity contribution in [3.63, 3.8) is 0 Å². The number of rotatable bonds is 6. The Balaban J connectivity index is 2.45. The molecule has 0 aliphatic heterocycles. The molecule has 5 heteroatoms. The molecule has 0 aliphatic carbocycles. The molecule has 0 unspecified atom stereocenters. The van der Waals surface area contributed by atoms with Crippen molar-refractivity contribution in [1.29, 1.82) is 0 Å². The predicted molar refractivity (Wildman–Crippen MR) is 76.8 cm³/mol. The van der Waals surface area contributed by atoms with E-state index in [1.54, 1.807) is 19.1 Å². The maximum absolute atomic E-state index is 11.7. The largest absolute Gasteiger partial charge is 0.462 e. The van der Waals surface area contributed by atoms with Gasteiger partial charge in [-0.3, -0.25) is 0 Å². The summed E-state index contributed by atoms with van der Waals surface area (Å²) in [6, 6.07) is 5.36. The van der Waals surface area contributed by atoms with E-state index in [2.05, 4.69) is 11.9 Å². The number of carbonyl (C=O) groups is 1. The molecule has 0 spiro atoms. The van der Waals surface area contributed by atoms with Crippen molar-refractivity contribution >= 4 is 17.0 Å². The number of fused-ring (bicyclic) bond motifs is 1. The van der Waals surface area contributed by atoms with Crippen LogP contribution in [-0.4, -0.2) is 33.8 Å². The summed E-state index contributed by atoms with van der Waals surface area (Å²) in [6.07, 6.45) is 1.84. The molecule has 108 valence electrons. The monoisotopic (exact) mass is 276 g/mol. The van der Waals surface area contributed by atoms with E-state index in [1.165, 1.54) is 0 Å². The number of hydrogen-bond acceptors (Lipinski definition) is 4. The fraction of sp³-hybridized carbons (Fsp3) is 0.467. The number of esters is 1. The van der Waals surface area contributed by atoms with Gasteiger partial charge in [0.15, 0.2) is 0 Å². The topological polar surface area (TPSA) is 64.3 Å². The number of carbonyl (C=O) groups excluding carboxylic acids is 1. The van der Waals surface area contributed by atoms with Gasteiger partial charge in [-0.05, 0) is 31.5 Å². The standard InChI is InChI=1S/C15H20N2O3/c1-3-5-14-16-12-10-11(15(19)20-4-2)6-7-13(12)17(14)8-9-18/h6-7,10,18H,3-5,8-9H2,1-2H3. The summed E-state index contributed by atoms with van der Waals surface area (Å²) in [6.45, 7) is 4.82. The van der Waals surface area contributed by atoms with Crippen molar-refractivity contribution in [2.24, 2.45) is 0 Å². The van der Waals surface area contributed by atoms with Crippen LogP contribution >= 0.6 is 0 Å². The average Bonchev–Trinajstić information content (AvgIpc) is 2.77. The fourth-order valence-electron chi connectivity index (χ4n) is 2.29. The van der Waals surface area contributed by atoms with E-state index in [9.17, 15) is 9.90 Å². The lowest BCUT2D eigenvalue weighted by Crippen LogP contribution is -2.07. The highest BCUT2D eigenvalue weighted by Gasteiger charge is 2.13. The first kappa shape index (κ1) is 14.5. The molecule has 5 nitrogen and oxygen atoms in total. The van der Waals surface area contributed by atoms with Crippen LogP contribution in [0.2, 0.25) is 0 Å². The molecule has 2 rings (SSSR count). The molecule has 0 saturated heterocycles. The minimum atomic E-state index is -0.330. The molecule has 20 heavy (non-hydrogen) atoms. The van der Waals surface area contributed by atoms with E-state index >= 15 is 0 Å². The maximum Gasteiger partial charge on any atom is 0.338 e. The molecule has 1 aromatic carbocycles. The maximum atomic E-state index is 11.7. The molecular weight excluding hydrogens is 256 g/mol. The minimum absolute atomic E-state index is 0.0712. The van der Waals surface area contributed by atoms with Gasteiger partial charge in [0.25, 0.3) is 0 Å². The van der Waals surface area contributed by atoms with E-state index in [0.29, 0.717) is 18.7 Å². The van der Waals surface area contributed by atoms with Gasteiger partial charge in [-0.2, -0.15) is 0 Å². The highest BCUT2D eigenvalue weighted by Crippen LogP contribution is 2.19. The fourth-order valence-corrected chi connectivity index (χ4v) is 2.29. The lowest BCUT2D eigenvalue weighted by Gasteiger charge is -2.06. The van der Waals surface area contributed by atoms with E-state index in [-0.39, 0.29) is 12.6 Å². The smallest absolute Gasteiger partial charge is 0.338 e. The van der Waals surface area contributed by atoms with E-state index in [0.717, 1.165) is 29.7 Å². The van der Waals surface area contributed by atoms with Crippen LogP contribution in [0, 0.1) is 0 Å². The second kappa shape index (κ2) is 6.52. The highest BCUT2D eigenvalue weighted by atomic mass is 16.5. The molecule has 0 aliphatic rings. The third kappa shape index (κ3) is 2.82. The van der Waals surface area contributed by atoms with Gasteiger partial charge in [0.2, 0.25) is 0 Å². The lowest BCUT2D eigenvalue weighted by molar-refractivity contribution is 0.0526. The quantitative estimate of drug-likeness (QED) is 0.821. The zero-order valence-corrected chi connectivity index (χ0v) is 11.9. The Bertz CT molecular complexity index is 604. The third-order valence-electron chi connectivity index (χ3n) is 3.14. The van der Waals surface area contributed by atoms with Gasteiger partial charge in [0.05, 0.1) is 29.8 Å². The average molecular weight is 276 g/mol. The van der Waals surface area contributed by atoms with Crippen molar-refractivity contribution in [3.05, 3.63) is 29.6 Å². The molecule has 0 radical (unpaired) electrons. The van der Waals surface area contributed by atoms with Crippen LogP contribution in [0.1, 0.15) is 36.5 Å². The number of nitrogens with zero attached hydrogens (tertiary/aromatic N) is 2. The molecule has 1 N–H and O–H groups in total. The number of benzene rings is 1. The van der Waals surface area contributed by atoms with E-state index < -0.39 is 0 Å². The van der Waals surface area contributed by atoms with Crippen molar-refractivity contribution in [3.8, 4) is 0 Å². The molecule has 0 saturated carbocycles. The first-order valence-electron chi connectivity index (χ1n) is 6.98. The lowest BCUT2D eigenvalue weighted by atomic mass is 10.2. The van der Waals surface area contributed by atoms with Gasteiger partial charge >= 0.3 is 5.97 Å².